The maximum Gasteiger partial charge on any atom is 0.325 e. The molecule has 2 aromatic rings. The molecule has 0 saturated heterocycles. The first kappa shape index (κ1) is 12.2. The molecular weight excluding hydrogens is 236 g/mol. The summed E-state index contributed by atoms with van der Waals surface area (Å²) in [6, 6.07) is 3.62. The molecule has 0 radical (unpaired) electrons. The van der Waals surface area contributed by atoms with Crippen LogP contribution < -0.4 is 4.90 Å². The highest BCUT2D eigenvalue weighted by Crippen LogP contribution is 2.13. The lowest BCUT2D eigenvalue weighted by Gasteiger charge is -2.25. The minimum absolute atomic E-state index is 0.102. The van der Waals surface area contributed by atoms with Gasteiger partial charge < -0.3 is 9.64 Å². The van der Waals surface area contributed by atoms with Crippen molar-refractivity contribution in [1.29, 1.82) is 0 Å². The van der Waals surface area contributed by atoms with Crippen LogP contribution in [0.15, 0.2) is 12.1 Å². The van der Waals surface area contributed by atoms with E-state index in [9.17, 15) is 4.79 Å². The molecule has 0 saturated carbocycles. The second-order valence-electron chi connectivity index (χ2n) is 4.02. The molecule has 8 heteroatoms. The Balaban J connectivity index is 2.31. The highest BCUT2D eigenvalue weighted by atomic mass is 16.5. The third-order valence-corrected chi connectivity index (χ3v) is 2.50. The summed E-state index contributed by atoms with van der Waals surface area (Å²) in [6.07, 6.45) is 0. The minimum Gasteiger partial charge on any atom is -0.468 e. The van der Waals surface area contributed by atoms with Crippen LogP contribution in [0.3, 0.4) is 0 Å². The fraction of sp³-hybridized carbons (Fsp3) is 0.500. The molecule has 0 aromatic carbocycles. The number of rotatable bonds is 4. The van der Waals surface area contributed by atoms with Gasteiger partial charge in [-0.3, -0.25) is 4.79 Å². The van der Waals surface area contributed by atoms with Gasteiger partial charge in [0.2, 0.25) is 0 Å². The molecular formula is C10H14N6O2. The van der Waals surface area contributed by atoms with Crippen LogP contribution in [-0.4, -0.2) is 50.9 Å². The molecule has 0 spiro atoms. The Morgan fingerprint density at radius 2 is 2.28 bits per heavy atom. The number of tetrazole rings is 1. The van der Waals surface area contributed by atoms with E-state index in [1.807, 2.05) is 18.7 Å². The predicted octanol–water partition coefficient (Wildman–Crippen LogP) is -0.0929. The smallest absolute Gasteiger partial charge is 0.325 e. The van der Waals surface area contributed by atoms with Gasteiger partial charge in [-0.15, -0.1) is 14.8 Å². The molecule has 0 aliphatic carbocycles. The number of carbonyl (C=O) groups is 1. The molecule has 0 bridgehead atoms. The summed E-state index contributed by atoms with van der Waals surface area (Å²) in [6.45, 7) is 4.07. The van der Waals surface area contributed by atoms with E-state index in [2.05, 4.69) is 25.4 Å². The summed E-state index contributed by atoms with van der Waals surface area (Å²) in [7, 11) is 1.36. The second kappa shape index (κ2) is 4.94. The quantitative estimate of drug-likeness (QED) is 0.701. The molecule has 96 valence electrons. The molecule has 0 atom stereocenters. The van der Waals surface area contributed by atoms with Crippen molar-refractivity contribution in [3.8, 4) is 0 Å². The monoisotopic (exact) mass is 250 g/mol. The zero-order valence-corrected chi connectivity index (χ0v) is 10.4. The zero-order chi connectivity index (χ0) is 13.1. The number of fused-ring (bicyclic) bond motifs is 1. The van der Waals surface area contributed by atoms with Crippen LogP contribution >= 0.6 is 0 Å². The number of nitrogens with zero attached hydrogens (tertiary/aromatic N) is 6. The summed E-state index contributed by atoms with van der Waals surface area (Å²) in [5.74, 6) is 0.303. The van der Waals surface area contributed by atoms with E-state index in [4.69, 9.17) is 0 Å². The molecule has 2 heterocycles. The fourth-order valence-electron chi connectivity index (χ4n) is 1.53. The normalized spacial score (nSPS) is 10.9. The molecule has 0 N–H and O–H groups in total. The first-order valence-corrected chi connectivity index (χ1v) is 5.50. The van der Waals surface area contributed by atoms with Crippen molar-refractivity contribution in [1.82, 2.24) is 25.3 Å². The topological polar surface area (TPSA) is 85.5 Å². The van der Waals surface area contributed by atoms with Gasteiger partial charge in [-0.2, -0.15) is 0 Å². The molecule has 8 nitrogen and oxygen atoms in total. The van der Waals surface area contributed by atoms with Gasteiger partial charge in [-0.05, 0) is 36.4 Å². The number of anilines is 1. The number of ether oxygens (including phenoxy) is 1. The SMILES string of the molecule is COC(=O)CN(c1ccc2nnnn2n1)C(C)C. The summed E-state index contributed by atoms with van der Waals surface area (Å²) in [5.41, 5.74) is 0.556. The number of hydrogen-bond acceptors (Lipinski definition) is 7. The van der Waals surface area contributed by atoms with Gasteiger partial charge in [0, 0.05) is 6.04 Å². The van der Waals surface area contributed by atoms with Crippen molar-refractivity contribution in [3.63, 3.8) is 0 Å². The van der Waals surface area contributed by atoms with E-state index in [1.165, 1.54) is 11.7 Å². The summed E-state index contributed by atoms with van der Waals surface area (Å²) < 4.78 is 5.99. The lowest BCUT2D eigenvalue weighted by molar-refractivity contribution is -0.139. The highest BCUT2D eigenvalue weighted by Gasteiger charge is 2.17. The minimum atomic E-state index is -0.317. The average Bonchev–Trinajstić information content (AvgIpc) is 2.82. The summed E-state index contributed by atoms with van der Waals surface area (Å²) >= 11 is 0. The molecule has 18 heavy (non-hydrogen) atoms. The van der Waals surface area contributed by atoms with Crippen molar-refractivity contribution < 1.29 is 9.53 Å². The van der Waals surface area contributed by atoms with Crippen molar-refractivity contribution in [3.05, 3.63) is 12.1 Å². The van der Waals surface area contributed by atoms with Crippen LogP contribution in [0.4, 0.5) is 5.82 Å². The highest BCUT2D eigenvalue weighted by molar-refractivity contribution is 5.75. The number of hydrogen-bond donors (Lipinski definition) is 0. The van der Waals surface area contributed by atoms with Crippen LogP contribution in [0.25, 0.3) is 5.65 Å². The molecule has 2 rings (SSSR count). The standard InChI is InChI=1S/C10H14N6O2/c1-7(2)15(6-10(17)18-3)9-5-4-8-11-13-14-16(8)12-9/h4-5,7H,6H2,1-3H3. The average molecular weight is 250 g/mol. The molecule has 0 unspecified atom stereocenters. The molecule has 0 amide bonds. The molecule has 0 aliphatic heterocycles. The first-order chi connectivity index (χ1) is 8.61. The van der Waals surface area contributed by atoms with Gasteiger partial charge in [-0.1, -0.05) is 0 Å². The van der Waals surface area contributed by atoms with E-state index in [0.29, 0.717) is 11.5 Å². The largest absolute Gasteiger partial charge is 0.468 e. The maximum atomic E-state index is 11.4. The van der Waals surface area contributed by atoms with Crippen molar-refractivity contribution in [2.75, 3.05) is 18.6 Å². The number of aromatic nitrogens is 5. The molecule has 0 aliphatic rings. The summed E-state index contributed by atoms with van der Waals surface area (Å²) in [4.78, 5) is 13.2. The lowest BCUT2D eigenvalue weighted by Crippen LogP contribution is -2.37. The van der Waals surface area contributed by atoms with Crippen LogP contribution in [0, 0.1) is 0 Å². The van der Waals surface area contributed by atoms with E-state index >= 15 is 0 Å². The van der Waals surface area contributed by atoms with Crippen LogP contribution in [0.1, 0.15) is 13.8 Å². The molecule has 2 aromatic heterocycles. The van der Waals surface area contributed by atoms with Gasteiger partial charge in [0.15, 0.2) is 11.5 Å². The third kappa shape index (κ3) is 2.36. The van der Waals surface area contributed by atoms with Crippen molar-refractivity contribution in [2.45, 2.75) is 19.9 Å². The van der Waals surface area contributed by atoms with Gasteiger partial charge in [0.05, 0.1) is 7.11 Å². The Kier molecular flexibility index (Phi) is 3.35. The van der Waals surface area contributed by atoms with E-state index in [1.54, 1.807) is 12.1 Å². The Bertz CT molecular complexity index is 552. The van der Waals surface area contributed by atoms with Crippen molar-refractivity contribution in [2.24, 2.45) is 0 Å². The van der Waals surface area contributed by atoms with E-state index in [-0.39, 0.29) is 18.6 Å². The van der Waals surface area contributed by atoms with Gasteiger partial charge in [0.1, 0.15) is 6.54 Å². The summed E-state index contributed by atoms with van der Waals surface area (Å²) in [5, 5.41) is 15.2. The lowest BCUT2D eigenvalue weighted by atomic mass is 10.3. The van der Waals surface area contributed by atoms with E-state index < -0.39 is 0 Å². The number of esters is 1. The number of carbonyl (C=O) groups excluding carboxylic acids is 1. The van der Waals surface area contributed by atoms with E-state index in [0.717, 1.165) is 0 Å². The van der Waals surface area contributed by atoms with Crippen molar-refractivity contribution >= 4 is 17.4 Å². The Morgan fingerprint density at radius 1 is 1.50 bits per heavy atom. The molecule has 0 fully saturated rings. The predicted molar refractivity (Wildman–Crippen MR) is 63.1 cm³/mol. The second-order valence-corrected chi connectivity index (χ2v) is 4.02. The van der Waals surface area contributed by atoms with Crippen LogP contribution in [0.5, 0.6) is 0 Å². The van der Waals surface area contributed by atoms with Gasteiger partial charge in [0.25, 0.3) is 0 Å². The fourth-order valence-corrected chi connectivity index (χ4v) is 1.53. The Morgan fingerprint density at radius 3 is 2.94 bits per heavy atom. The zero-order valence-electron chi connectivity index (χ0n) is 10.4. The number of methoxy groups -OCH3 is 1. The van der Waals surface area contributed by atoms with Gasteiger partial charge in [-0.25, -0.2) is 0 Å². The Hall–Kier alpha value is -2.25. The van der Waals surface area contributed by atoms with Gasteiger partial charge >= 0.3 is 5.97 Å². The maximum absolute atomic E-state index is 11.4. The third-order valence-electron chi connectivity index (χ3n) is 2.50. The first-order valence-electron chi connectivity index (χ1n) is 5.50. The Labute approximate surface area is 104 Å². The van der Waals surface area contributed by atoms with Crippen LogP contribution in [-0.2, 0) is 9.53 Å². The van der Waals surface area contributed by atoms with Crippen LogP contribution in [0.2, 0.25) is 0 Å².